The third-order valence-corrected chi connectivity index (χ3v) is 10.4. The number of nitrogens with zero attached hydrogens (tertiary/aromatic N) is 4. The molecule has 0 spiro atoms. The number of fused-ring (bicyclic) bond motifs is 8. The van der Waals surface area contributed by atoms with E-state index in [1.165, 1.54) is 16.2 Å². The van der Waals surface area contributed by atoms with Crippen molar-refractivity contribution in [3.8, 4) is 39.8 Å². The lowest BCUT2D eigenvalue weighted by atomic mass is 9.96. The van der Waals surface area contributed by atoms with E-state index < -0.39 is 0 Å². The van der Waals surface area contributed by atoms with Crippen LogP contribution in [-0.4, -0.2) is 14.5 Å². The minimum atomic E-state index is 0.640. The fraction of sp³-hybridized carbons (Fsp3) is 0. The second kappa shape index (κ2) is 11.7. The molecule has 11 rings (SSSR count). The number of benzene rings is 8. The fourth-order valence-corrected chi connectivity index (χ4v) is 8.04. The van der Waals surface area contributed by atoms with Gasteiger partial charge in [-0.25, -0.2) is 9.97 Å². The highest BCUT2D eigenvalue weighted by Crippen LogP contribution is 2.52. The molecule has 0 unspecified atom stereocenters. The van der Waals surface area contributed by atoms with Gasteiger partial charge in [0.2, 0.25) is 5.95 Å². The minimum Gasteiger partial charge on any atom is -0.453 e. The van der Waals surface area contributed by atoms with Crippen molar-refractivity contribution in [3.63, 3.8) is 0 Å². The quantitative estimate of drug-likeness (QED) is 0.186. The Kier molecular flexibility index (Phi) is 6.48. The number of aromatic nitrogens is 3. The van der Waals surface area contributed by atoms with Crippen molar-refractivity contribution < 1.29 is 4.74 Å². The lowest BCUT2D eigenvalue weighted by Crippen LogP contribution is -2.15. The van der Waals surface area contributed by atoms with E-state index in [4.69, 9.17) is 14.7 Å². The van der Waals surface area contributed by atoms with E-state index >= 15 is 0 Å². The Balaban J connectivity index is 1.20. The van der Waals surface area contributed by atoms with E-state index in [9.17, 15) is 0 Å². The van der Waals surface area contributed by atoms with Crippen molar-refractivity contribution in [3.05, 3.63) is 182 Å². The second-order valence-corrected chi connectivity index (χ2v) is 13.4. The molecule has 0 saturated heterocycles. The van der Waals surface area contributed by atoms with Crippen LogP contribution in [0.5, 0.6) is 11.5 Å². The van der Waals surface area contributed by atoms with Gasteiger partial charge < -0.3 is 9.64 Å². The maximum Gasteiger partial charge on any atom is 0.235 e. The largest absolute Gasteiger partial charge is 0.453 e. The summed E-state index contributed by atoms with van der Waals surface area (Å²) in [5.41, 5.74) is 10.3. The molecule has 3 heterocycles. The number of anilines is 3. The van der Waals surface area contributed by atoms with Crippen LogP contribution in [0.3, 0.4) is 0 Å². The first-order chi connectivity index (χ1) is 26.3. The van der Waals surface area contributed by atoms with E-state index in [2.05, 4.69) is 167 Å². The predicted molar refractivity (Wildman–Crippen MR) is 217 cm³/mol. The predicted octanol–water partition coefficient (Wildman–Crippen LogP) is 12.8. The van der Waals surface area contributed by atoms with Gasteiger partial charge in [0.1, 0.15) is 0 Å². The Bertz CT molecular complexity index is 3040. The summed E-state index contributed by atoms with van der Waals surface area (Å²) in [5.74, 6) is 2.29. The van der Waals surface area contributed by atoms with Gasteiger partial charge in [0.25, 0.3) is 0 Å². The number of para-hydroxylation sites is 4. The molecule has 0 aliphatic carbocycles. The molecule has 0 N–H and O–H groups in total. The Hall–Kier alpha value is -7.24. The summed E-state index contributed by atoms with van der Waals surface area (Å²) in [6.07, 6.45) is 0. The van der Waals surface area contributed by atoms with Crippen LogP contribution < -0.4 is 9.64 Å². The molecule has 5 heteroatoms. The lowest BCUT2D eigenvalue weighted by molar-refractivity contribution is 0.477. The zero-order valence-electron chi connectivity index (χ0n) is 28.5. The number of ether oxygens (including phenoxy) is 1. The van der Waals surface area contributed by atoms with Gasteiger partial charge in [0.05, 0.1) is 33.6 Å². The van der Waals surface area contributed by atoms with Crippen molar-refractivity contribution in [2.45, 2.75) is 0 Å². The number of hydrogen-bond donors (Lipinski definition) is 0. The standard InChI is InChI=1S/C48H30N4O/c1-3-15-32(16-4-1)47-37-20-9-10-22-38(37)49-48(50-47)52-40-24-13-21-36(46(40)45-35-19-8-7-14-31(35)26-28-41(45)52)33-27-29-44-42(30-33)51(34-17-5-2-6-18-34)39-23-11-12-25-43(39)53-44/h1-30H. The van der Waals surface area contributed by atoms with E-state index in [0.717, 1.165) is 78.3 Å². The van der Waals surface area contributed by atoms with Gasteiger partial charge in [-0.2, -0.15) is 0 Å². The van der Waals surface area contributed by atoms with Crippen LogP contribution in [-0.2, 0) is 0 Å². The molecule has 8 aromatic carbocycles. The summed E-state index contributed by atoms with van der Waals surface area (Å²) < 4.78 is 8.76. The van der Waals surface area contributed by atoms with E-state index in [0.29, 0.717) is 5.95 Å². The third kappa shape index (κ3) is 4.57. The number of hydrogen-bond acceptors (Lipinski definition) is 4. The van der Waals surface area contributed by atoms with E-state index in [-0.39, 0.29) is 0 Å². The first-order valence-electron chi connectivity index (χ1n) is 17.8. The van der Waals surface area contributed by atoms with Crippen LogP contribution in [0.4, 0.5) is 17.1 Å². The van der Waals surface area contributed by atoms with Gasteiger partial charge in [-0.1, -0.05) is 127 Å². The van der Waals surface area contributed by atoms with Crippen molar-refractivity contribution in [2.24, 2.45) is 0 Å². The summed E-state index contributed by atoms with van der Waals surface area (Å²) >= 11 is 0. The van der Waals surface area contributed by atoms with Crippen LogP contribution in [0.2, 0.25) is 0 Å². The molecule has 10 aromatic rings. The average Bonchev–Trinajstić information content (AvgIpc) is 3.58. The molecule has 1 aliphatic heterocycles. The molecule has 0 bridgehead atoms. The normalized spacial score (nSPS) is 12.3. The summed E-state index contributed by atoms with van der Waals surface area (Å²) in [5, 5.41) is 5.72. The smallest absolute Gasteiger partial charge is 0.235 e. The van der Waals surface area contributed by atoms with Crippen molar-refractivity contribution in [2.75, 3.05) is 4.90 Å². The first-order valence-corrected chi connectivity index (χ1v) is 17.8. The summed E-state index contributed by atoms with van der Waals surface area (Å²) in [4.78, 5) is 12.9. The molecule has 0 radical (unpaired) electrons. The molecule has 0 fully saturated rings. The highest BCUT2D eigenvalue weighted by atomic mass is 16.5. The van der Waals surface area contributed by atoms with Crippen molar-refractivity contribution in [1.29, 1.82) is 0 Å². The Morgan fingerprint density at radius 3 is 2.06 bits per heavy atom. The number of rotatable bonds is 4. The van der Waals surface area contributed by atoms with Gasteiger partial charge in [-0.3, -0.25) is 4.57 Å². The first kappa shape index (κ1) is 29.5. The van der Waals surface area contributed by atoms with Crippen LogP contribution in [0.1, 0.15) is 0 Å². The van der Waals surface area contributed by atoms with Crippen LogP contribution in [0.25, 0.3) is 71.8 Å². The molecular formula is C48H30N4O. The van der Waals surface area contributed by atoms with Crippen LogP contribution >= 0.6 is 0 Å². The molecule has 5 nitrogen and oxygen atoms in total. The molecule has 2 aromatic heterocycles. The zero-order chi connectivity index (χ0) is 34.9. The molecule has 0 amide bonds. The highest BCUT2D eigenvalue weighted by Gasteiger charge is 2.27. The van der Waals surface area contributed by atoms with Gasteiger partial charge in [0.15, 0.2) is 11.5 Å². The molecular weight excluding hydrogens is 649 g/mol. The second-order valence-electron chi connectivity index (χ2n) is 13.4. The Morgan fingerprint density at radius 1 is 0.453 bits per heavy atom. The topological polar surface area (TPSA) is 43.2 Å². The molecule has 1 aliphatic rings. The van der Waals surface area contributed by atoms with E-state index in [1.807, 2.05) is 24.3 Å². The maximum absolute atomic E-state index is 6.52. The highest BCUT2D eigenvalue weighted by molar-refractivity contribution is 6.25. The minimum absolute atomic E-state index is 0.640. The SMILES string of the molecule is c1ccc(-c2nc(-n3c4cccc(-c5ccc6c(c5)N(c5ccccc5)c5ccccc5O6)c4c4c5ccccc5ccc43)nc3ccccc23)cc1. The maximum atomic E-state index is 6.52. The molecule has 248 valence electrons. The lowest BCUT2D eigenvalue weighted by Gasteiger charge is -2.33. The van der Waals surface area contributed by atoms with Crippen LogP contribution in [0.15, 0.2) is 182 Å². The monoisotopic (exact) mass is 678 g/mol. The molecule has 0 saturated carbocycles. The molecule has 53 heavy (non-hydrogen) atoms. The van der Waals surface area contributed by atoms with Gasteiger partial charge in [0, 0.05) is 27.4 Å². The Labute approximate surface area is 305 Å². The van der Waals surface area contributed by atoms with Gasteiger partial charge in [-0.15, -0.1) is 0 Å². The third-order valence-electron chi connectivity index (χ3n) is 10.4. The van der Waals surface area contributed by atoms with Gasteiger partial charge >= 0.3 is 0 Å². The summed E-state index contributed by atoms with van der Waals surface area (Å²) in [6, 6.07) is 63.6. The fourth-order valence-electron chi connectivity index (χ4n) is 8.04. The van der Waals surface area contributed by atoms with Crippen molar-refractivity contribution in [1.82, 2.24) is 14.5 Å². The summed E-state index contributed by atoms with van der Waals surface area (Å²) in [6.45, 7) is 0. The zero-order valence-corrected chi connectivity index (χ0v) is 28.5. The van der Waals surface area contributed by atoms with Crippen molar-refractivity contribution >= 4 is 60.5 Å². The molecule has 0 atom stereocenters. The average molecular weight is 679 g/mol. The van der Waals surface area contributed by atoms with Gasteiger partial charge in [-0.05, 0) is 76.5 Å². The summed E-state index contributed by atoms with van der Waals surface area (Å²) in [7, 11) is 0. The van der Waals surface area contributed by atoms with E-state index in [1.54, 1.807) is 0 Å². The Morgan fingerprint density at radius 2 is 1.17 bits per heavy atom. The van der Waals surface area contributed by atoms with Crippen LogP contribution in [0, 0.1) is 0 Å².